The number of epoxide rings is 1. The van der Waals surface area contributed by atoms with Crippen molar-refractivity contribution >= 4 is 5.97 Å². The van der Waals surface area contributed by atoms with Crippen molar-refractivity contribution in [2.24, 2.45) is 0 Å². The topological polar surface area (TPSA) is 59.1 Å². The van der Waals surface area contributed by atoms with Crippen molar-refractivity contribution in [3.8, 4) is 0 Å². The number of hydrogen-bond acceptors (Lipinski definition) is 4. The smallest absolute Gasteiger partial charge is 0.344 e. The number of rotatable bonds is 3. The van der Waals surface area contributed by atoms with Gasteiger partial charge in [-0.15, -0.1) is 0 Å². The molecule has 15 heavy (non-hydrogen) atoms. The monoisotopic (exact) mass is 212 g/mol. The summed E-state index contributed by atoms with van der Waals surface area (Å²) in [6, 6.07) is 0. The number of fused-ring (bicyclic) bond motifs is 1. The second-order valence-corrected chi connectivity index (χ2v) is 4.20. The summed E-state index contributed by atoms with van der Waals surface area (Å²) in [5.41, 5.74) is -0.333. The number of hydrogen-bond donors (Lipinski definition) is 1. The SMILES string of the molecule is CC/C=C(\C)C(O)[C@@]12O[C@@H]1[C@@H](C)OC2=O. The van der Waals surface area contributed by atoms with Crippen LogP contribution in [0, 0.1) is 0 Å². The predicted molar refractivity (Wildman–Crippen MR) is 53.2 cm³/mol. The first-order valence-electron chi connectivity index (χ1n) is 5.27. The molecule has 84 valence electrons. The van der Waals surface area contributed by atoms with E-state index in [2.05, 4.69) is 0 Å². The van der Waals surface area contributed by atoms with Crippen molar-refractivity contribution in [3.05, 3.63) is 11.6 Å². The quantitative estimate of drug-likeness (QED) is 0.427. The highest BCUT2D eigenvalue weighted by atomic mass is 16.7. The molecule has 0 amide bonds. The van der Waals surface area contributed by atoms with Gasteiger partial charge in [0.15, 0.2) is 0 Å². The first-order valence-corrected chi connectivity index (χ1v) is 5.27. The molecular formula is C11H16O4. The van der Waals surface area contributed by atoms with E-state index in [-0.39, 0.29) is 12.2 Å². The lowest BCUT2D eigenvalue weighted by Crippen LogP contribution is -2.38. The van der Waals surface area contributed by atoms with Crippen LogP contribution in [0.25, 0.3) is 0 Å². The molecule has 1 N–H and O–H groups in total. The molecule has 0 bridgehead atoms. The summed E-state index contributed by atoms with van der Waals surface area (Å²) in [4.78, 5) is 11.6. The highest BCUT2D eigenvalue weighted by Gasteiger charge is 2.75. The van der Waals surface area contributed by atoms with Crippen LogP contribution in [0.15, 0.2) is 11.6 Å². The molecular weight excluding hydrogens is 196 g/mol. The van der Waals surface area contributed by atoms with E-state index in [0.717, 1.165) is 12.0 Å². The Morgan fingerprint density at radius 2 is 2.40 bits per heavy atom. The average molecular weight is 212 g/mol. The van der Waals surface area contributed by atoms with Crippen LogP contribution in [0.3, 0.4) is 0 Å². The third kappa shape index (κ3) is 1.32. The van der Waals surface area contributed by atoms with Crippen molar-refractivity contribution in [1.82, 2.24) is 0 Å². The Hall–Kier alpha value is -0.870. The summed E-state index contributed by atoms with van der Waals surface area (Å²) in [5.74, 6) is -0.434. The van der Waals surface area contributed by atoms with Gasteiger partial charge in [0.2, 0.25) is 5.60 Å². The molecule has 2 heterocycles. The summed E-state index contributed by atoms with van der Waals surface area (Å²) in [5, 5.41) is 10.0. The highest BCUT2D eigenvalue weighted by molar-refractivity contribution is 5.88. The van der Waals surface area contributed by atoms with Crippen LogP contribution in [0.4, 0.5) is 0 Å². The van der Waals surface area contributed by atoms with Crippen LogP contribution in [0.2, 0.25) is 0 Å². The molecule has 0 radical (unpaired) electrons. The molecule has 2 saturated heterocycles. The third-order valence-corrected chi connectivity index (χ3v) is 3.09. The minimum atomic E-state index is -1.10. The van der Waals surface area contributed by atoms with E-state index in [1.54, 1.807) is 13.8 Å². The zero-order valence-corrected chi connectivity index (χ0v) is 9.19. The van der Waals surface area contributed by atoms with Crippen LogP contribution in [-0.2, 0) is 14.3 Å². The van der Waals surface area contributed by atoms with Gasteiger partial charge in [0, 0.05) is 0 Å². The summed E-state index contributed by atoms with van der Waals surface area (Å²) in [7, 11) is 0. The Morgan fingerprint density at radius 3 is 2.80 bits per heavy atom. The van der Waals surface area contributed by atoms with Crippen molar-refractivity contribution < 1.29 is 19.4 Å². The molecule has 1 unspecified atom stereocenters. The van der Waals surface area contributed by atoms with Crippen molar-refractivity contribution in [2.75, 3.05) is 0 Å². The summed E-state index contributed by atoms with van der Waals surface area (Å²) < 4.78 is 10.4. The lowest BCUT2D eigenvalue weighted by atomic mass is 9.93. The molecule has 4 atom stereocenters. The van der Waals surface area contributed by atoms with Gasteiger partial charge in [-0.05, 0) is 25.8 Å². The molecule has 2 fully saturated rings. The van der Waals surface area contributed by atoms with Crippen LogP contribution in [-0.4, -0.2) is 35.0 Å². The van der Waals surface area contributed by atoms with Gasteiger partial charge in [-0.25, -0.2) is 4.79 Å². The van der Waals surface area contributed by atoms with Gasteiger partial charge in [-0.1, -0.05) is 13.0 Å². The number of esters is 1. The molecule has 4 nitrogen and oxygen atoms in total. The maximum absolute atomic E-state index is 11.6. The Kier molecular flexibility index (Phi) is 2.35. The minimum Gasteiger partial charge on any atom is -0.457 e. The summed E-state index contributed by atoms with van der Waals surface area (Å²) in [6.07, 6.45) is 1.32. The fourth-order valence-corrected chi connectivity index (χ4v) is 2.21. The van der Waals surface area contributed by atoms with Crippen molar-refractivity contribution in [2.45, 2.75) is 51.1 Å². The average Bonchev–Trinajstić information content (AvgIpc) is 2.87. The molecule has 0 spiro atoms. The normalized spacial score (nSPS) is 41.1. The molecule has 2 aliphatic heterocycles. The Balaban J connectivity index is 2.19. The molecule has 0 aromatic heterocycles. The number of allylic oxidation sites excluding steroid dienone is 1. The number of aliphatic hydroxyl groups excluding tert-OH is 1. The summed E-state index contributed by atoms with van der Waals surface area (Å²) >= 11 is 0. The fourth-order valence-electron chi connectivity index (χ4n) is 2.21. The molecule has 2 aliphatic rings. The fraction of sp³-hybridized carbons (Fsp3) is 0.727. The van der Waals surface area contributed by atoms with Gasteiger partial charge in [0.05, 0.1) is 0 Å². The van der Waals surface area contributed by atoms with Gasteiger partial charge in [0.25, 0.3) is 0 Å². The molecule has 0 aromatic carbocycles. The minimum absolute atomic E-state index is 0.249. The largest absolute Gasteiger partial charge is 0.457 e. The zero-order chi connectivity index (χ0) is 11.2. The molecule has 4 heteroatoms. The number of carbonyl (C=O) groups is 1. The van der Waals surface area contributed by atoms with E-state index in [1.807, 2.05) is 13.0 Å². The molecule has 2 rings (SSSR count). The molecule has 0 aromatic rings. The number of ether oxygens (including phenoxy) is 2. The third-order valence-electron chi connectivity index (χ3n) is 3.09. The maximum Gasteiger partial charge on any atom is 0.344 e. The van der Waals surface area contributed by atoms with Crippen molar-refractivity contribution in [3.63, 3.8) is 0 Å². The maximum atomic E-state index is 11.6. The molecule has 0 saturated carbocycles. The van der Waals surface area contributed by atoms with E-state index >= 15 is 0 Å². The standard InChI is InChI=1S/C11H16O4/c1-4-5-6(2)8(12)11-9(15-11)7(3)14-10(11)13/h5,7-9,12H,4H2,1-3H3/b6-5+/t7-,8?,9-,11-/m1/s1. The van der Waals surface area contributed by atoms with Crippen LogP contribution in [0.5, 0.6) is 0 Å². The first kappa shape index (κ1) is 10.6. The molecule has 0 aliphatic carbocycles. The Labute approximate surface area is 88.9 Å². The van der Waals surface area contributed by atoms with E-state index in [9.17, 15) is 9.90 Å². The van der Waals surface area contributed by atoms with E-state index in [0.29, 0.717) is 0 Å². The second kappa shape index (κ2) is 3.32. The second-order valence-electron chi connectivity index (χ2n) is 4.20. The lowest BCUT2D eigenvalue weighted by molar-refractivity contribution is -0.156. The number of aliphatic hydroxyl groups is 1. The van der Waals surface area contributed by atoms with E-state index in [4.69, 9.17) is 9.47 Å². The van der Waals surface area contributed by atoms with Gasteiger partial charge < -0.3 is 14.6 Å². The van der Waals surface area contributed by atoms with E-state index < -0.39 is 17.7 Å². The van der Waals surface area contributed by atoms with Crippen LogP contribution < -0.4 is 0 Å². The van der Waals surface area contributed by atoms with Gasteiger partial charge in [-0.3, -0.25) is 0 Å². The number of cyclic esters (lactones) is 1. The van der Waals surface area contributed by atoms with Gasteiger partial charge in [0.1, 0.15) is 18.3 Å². The summed E-state index contributed by atoms with van der Waals surface area (Å²) in [6.45, 7) is 5.57. The van der Waals surface area contributed by atoms with Gasteiger partial charge in [-0.2, -0.15) is 0 Å². The van der Waals surface area contributed by atoms with Crippen LogP contribution in [0.1, 0.15) is 27.2 Å². The Bertz CT molecular complexity index is 323. The highest BCUT2D eigenvalue weighted by Crippen LogP contribution is 2.50. The number of carbonyl (C=O) groups excluding carboxylic acids is 1. The van der Waals surface area contributed by atoms with Crippen LogP contribution >= 0.6 is 0 Å². The lowest BCUT2D eigenvalue weighted by Gasteiger charge is -2.15. The van der Waals surface area contributed by atoms with Crippen molar-refractivity contribution in [1.29, 1.82) is 0 Å². The Morgan fingerprint density at radius 1 is 1.73 bits per heavy atom. The van der Waals surface area contributed by atoms with Gasteiger partial charge >= 0.3 is 5.97 Å². The van der Waals surface area contributed by atoms with E-state index in [1.165, 1.54) is 0 Å². The zero-order valence-electron chi connectivity index (χ0n) is 9.19. The first-order chi connectivity index (χ1) is 7.04. The predicted octanol–water partition coefficient (Wildman–Crippen LogP) is 0.786.